The predicted molar refractivity (Wildman–Crippen MR) is 69.4 cm³/mol. The highest BCUT2D eigenvalue weighted by molar-refractivity contribution is 5.20. The van der Waals surface area contributed by atoms with Crippen LogP contribution in [-0.2, 0) is 13.0 Å². The molecule has 1 aromatic heterocycles. The topological polar surface area (TPSA) is 61.0 Å². The van der Waals surface area contributed by atoms with Crippen molar-refractivity contribution in [3.05, 3.63) is 27.7 Å². The van der Waals surface area contributed by atoms with Gasteiger partial charge in [-0.2, -0.15) is 5.10 Å². The van der Waals surface area contributed by atoms with E-state index in [1.807, 2.05) is 0 Å². The van der Waals surface area contributed by atoms with Gasteiger partial charge in [0.15, 0.2) is 0 Å². The summed E-state index contributed by atoms with van der Waals surface area (Å²) in [5, 5.41) is 10.1. The second kappa shape index (κ2) is 5.20. The third-order valence-electron chi connectivity index (χ3n) is 4.01. The zero-order valence-electron chi connectivity index (χ0n) is 10.6. The summed E-state index contributed by atoms with van der Waals surface area (Å²) in [5.74, 6) is 0.808. The van der Waals surface area contributed by atoms with E-state index in [2.05, 4.69) is 20.4 Å². The van der Waals surface area contributed by atoms with Gasteiger partial charge in [0.25, 0.3) is 5.56 Å². The second-order valence-electron chi connectivity index (χ2n) is 5.38. The summed E-state index contributed by atoms with van der Waals surface area (Å²) in [6.07, 6.45) is 3.51. The third-order valence-corrected chi connectivity index (χ3v) is 4.01. The summed E-state index contributed by atoms with van der Waals surface area (Å²) in [6.45, 7) is 5.41. The number of fused-ring (bicyclic) bond motifs is 1. The summed E-state index contributed by atoms with van der Waals surface area (Å²) in [6, 6.07) is 1.71. The number of hydrogen-bond acceptors (Lipinski definition) is 4. The highest BCUT2D eigenvalue weighted by Crippen LogP contribution is 2.19. The lowest BCUT2D eigenvalue weighted by molar-refractivity contribution is 0.189. The fourth-order valence-corrected chi connectivity index (χ4v) is 2.99. The van der Waals surface area contributed by atoms with Crippen molar-refractivity contribution >= 4 is 0 Å². The number of aromatic nitrogens is 2. The van der Waals surface area contributed by atoms with Crippen LogP contribution < -0.4 is 10.9 Å². The molecule has 18 heavy (non-hydrogen) atoms. The Bertz CT molecular complexity index is 464. The van der Waals surface area contributed by atoms with Crippen LogP contribution in [0.2, 0.25) is 0 Å². The number of aromatic amines is 1. The zero-order valence-corrected chi connectivity index (χ0v) is 10.6. The van der Waals surface area contributed by atoms with Gasteiger partial charge in [0.2, 0.25) is 0 Å². The van der Waals surface area contributed by atoms with Crippen molar-refractivity contribution in [1.29, 1.82) is 0 Å². The Morgan fingerprint density at radius 2 is 2.22 bits per heavy atom. The van der Waals surface area contributed by atoms with Gasteiger partial charge in [-0.1, -0.05) is 0 Å². The normalized spacial score (nSPS) is 21.8. The molecule has 0 unspecified atom stereocenters. The molecule has 0 saturated carbocycles. The number of nitrogens with one attached hydrogen (secondary N) is 2. The van der Waals surface area contributed by atoms with Gasteiger partial charge in [0.1, 0.15) is 0 Å². The number of rotatable bonds is 2. The van der Waals surface area contributed by atoms with Crippen molar-refractivity contribution in [2.45, 2.75) is 25.8 Å². The molecule has 1 fully saturated rings. The SMILES string of the molecule is O=c1cc2c(n[nH]1)CCN(CC1CCNCC1)C2. The molecule has 0 spiro atoms. The average molecular weight is 248 g/mol. The quantitative estimate of drug-likeness (QED) is 0.781. The highest BCUT2D eigenvalue weighted by atomic mass is 16.1. The predicted octanol–water partition coefficient (Wildman–Crippen LogP) is 0.128. The van der Waals surface area contributed by atoms with Crippen molar-refractivity contribution in [3.8, 4) is 0 Å². The van der Waals surface area contributed by atoms with Crippen LogP contribution in [0.25, 0.3) is 0 Å². The van der Waals surface area contributed by atoms with Crippen LogP contribution >= 0.6 is 0 Å². The first-order valence-corrected chi connectivity index (χ1v) is 6.82. The van der Waals surface area contributed by atoms with Crippen molar-refractivity contribution in [3.63, 3.8) is 0 Å². The van der Waals surface area contributed by atoms with Crippen LogP contribution in [0.3, 0.4) is 0 Å². The maximum absolute atomic E-state index is 11.3. The smallest absolute Gasteiger partial charge is 0.264 e. The van der Waals surface area contributed by atoms with Gasteiger partial charge < -0.3 is 5.32 Å². The first-order valence-electron chi connectivity index (χ1n) is 6.82. The zero-order chi connectivity index (χ0) is 12.4. The molecule has 0 aromatic carbocycles. The van der Waals surface area contributed by atoms with E-state index in [0.717, 1.165) is 56.3 Å². The second-order valence-corrected chi connectivity index (χ2v) is 5.38. The molecule has 5 heteroatoms. The van der Waals surface area contributed by atoms with Gasteiger partial charge in [-0.3, -0.25) is 9.69 Å². The molecule has 1 aromatic rings. The van der Waals surface area contributed by atoms with E-state index in [4.69, 9.17) is 0 Å². The van der Waals surface area contributed by atoms with Crippen molar-refractivity contribution < 1.29 is 0 Å². The number of hydrogen-bond donors (Lipinski definition) is 2. The van der Waals surface area contributed by atoms with Crippen LogP contribution in [0.1, 0.15) is 24.1 Å². The van der Waals surface area contributed by atoms with Gasteiger partial charge in [0.05, 0.1) is 5.69 Å². The molecule has 2 aliphatic heterocycles. The highest BCUT2D eigenvalue weighted by Gasteiger charge is 2.21. The molecule has 3 rings (SSSR count). The Morgan fingerprint density at radius 3 is 3.06 bits per heavy atom. The fraction of sp³-hybridized carbons (Fsp3) is 0.692. The molecule has 1 saturated heterocycles. The number of piperidine rings is 1. The maximum atomic E-state index is 11.3. The lowest BCUT2D eigenvalue weighted by Crippen LogP contribution is -2.39. The summed E-state index contributed by atoms with van der Waals surface area (Å²) in [5.41, 5.74) is 2.09. The monoisotopic (exact) mass is 248 g/mol. The van der Waals surface area contributed by atoms with Crippen LogP contribution in [0.5, 0.6) is 0 Å². The first-order chi connectivity index (χ1) is 8.81. The van der Waals surface area contributed by atoms with E-state index in [-0.39, 0.29) is 5.56 Å². The minimum absolute atomic E-state index is 0.0857. The lowest BCUT2D eigenvalue weighted by Gasteiger charge is -2.32. The Hall–Kier alpha value is -1.20. The van der Waals surface area contributed by atoms with Crippen LogP contribution in [-0.4, -0.2) is 41.3 Å². The molecule has 2 N–H and O–H groups in total. The van der Waals surface area contributed by atoms with Crippen LogP contribution in [0, 0.1) is 5.92 Å². The summed E-state index contributed by atoms with van der Waals surface area (Å²) >= 11 is 0. The number of nitrogens with zero attached hydrogens (tertiary/aromatic N) is 2. The third kappa shape index (κ3) is 2.62. The van der Waals surface area contributed by atoms with E-state index in [9.17, 15) is 4.79 Å². The maximum Gasteiger partial charge on any atom is 0.264 e. The summed E-state index contributed by atoms with van der Waals surface area (Å²) in [4.78, 5) is 13.8. The Kier molecular flexibility index (Phi) is 3.43. The summed E-state index contributed by atoms with van der Waals surface area (Å²) < 4.78 is 0. The lowest BCUT2D eigenvalue weighted by atomic mass is 9.96. The largest absolute Gasteiger partial charge is 0.317 e. The van der Waals surface area contributed by atoms with Gasteiger partial charge in [-0.25, -0.2) is 5.10 Å². The van der Waals surface area contributed by atoms with Gasteiger partial charge >= 0.3 is 0 Å². The molecule has 5 nitrogen and oxygen atoms in total. The van der Waals surface area contributed by atoms with E-state index in [1.165, 1.54) is 12.8 Å². The standard InChI is InChI=1S/C13H20N4O/c18-13-7-11-9-17(6-3-12(11)15-16-13)8-10-1-4-14-5-2-10/h7,10,14H,1-6,8-9H2,(H,16,18). The minimum atomic E-state index is -0.0857. The van der Waals surface area contributed by atoms with E-state index < -0.39 is 0 Å². The Labute approximate surface area is 107 Å². The molecular formula is C13H20N4O. The van der Waals surface area contributed by atoms with Gasteiger partial charge in [-0.15, -0.1) is 0 Å². The van der Waals surface area contributed by atoms with Crippen LogP contribution in [0.15, 0.2) is 10.9 Å². The summed E-state index contributed by atoms with van der Waals surface area (Å²) in [7, 11) is 0. The Morgan fingerprint density at radius 1 is 1.39 bits per heavy atom. The minimum Gasteiger partial charge on any atom is -0.317 e. The van der Waals surface area contributed by atoms with Crippen molar-refractivity contribution in [1.82, 2.24) is 20.4 Å². The van der Waals surface area contributed by atoms with Gasteiger partial charge in [-0.05, 0) is 37.4 Å². The Balaban J connectivity index is 1.64. The molecule has 0 aliphatic carbocycles. The molecule has 0 radical (unpaired) electrons. The molecule has 0 atom stereocenters. The molecule has 0 bridgehead atoms. The fourth-order valence-electron chi connectivity index (χ4n) is 2.99. The molecule has 0 amide bonds. The van der Waals surface area contributed by atoms with Gasteiger partial charge in [0, 0.05) is 32.1 Å². The molecular weight excluding hydrogens is 228 g/mol. The average Bonchev–Trinajstić information content (AvgIpc) is 2.39. The van der Waals surface area contributed by atoms with E-state index in [1.54, 1.807) is 6.07 Å². The van der Waals surface area contributed by atoms with Crippen molar-refractivity contribution in [2.75, 3.05) is 26.2 Å². The van der Waals surface area contributed by atoms with E-state index >= 15 is 0 Å². The molecule has 3 heterocycles. The van der Waals surface area contributed by atoms with Crippen LogP contribution in [0.4, 0.5) is 0 Å². The van der Waals surface area contributed by atoms with Crippen molar-refractivity contribution in [2.24, 2.45) is 5.92 Å². The van der Waals surface area contributed by atoms with E-state index in [0.29, 0.717) is 0 Å². The molecule has 2 aliphatic rings. The molecule has 98 valence electrons. The number of H-pyrrole nitrogens is 1. The first kappa shape index (κ1) is 11.9.